The van der Waals surface area contributed by atoms with Gasteiger partial charge in [0.2, 0.25) is 0 Å². The molecule has 0 bridgehead atoms. The van der Waals surface area contributed by atoms with Gasteiger partial charge in [-0.1, -0.05) is 0 Å². The molecule has 0 aliphatic carbocycles. The normalized spacial score (nSPS) is 11.1. The van der Waals surface area contributed by atoms with E-state index in [2.05, 4.69) is 0 Å². The van der Waals surface area contributed by atoms with Crippen molar-refractivity contribution < 1.29 is 37.2 Å². The van der Waals surface area contributed by atoms with Crippen molar-refractivity contribution in [3.8, 4) is 34.1 Å². The summed E-state index contributed by atoms with van der Waals surface area (Å²) >= 11 is 0. The van der Waals surface area contributed by atoms with Gasteiger partial charge in [-0.25, -0.2) is 8.78 Å². The number of nitrogens with two attached hydrogens (primary N) is 2. The number of ether oxygens (including phenoxy) is 6. The van der Waals surface area contributed by atoms with Crippen LogP contribution in [0, 0.1) is 11.6 Å². The predicted molar refractivity (Wildman–Crippen MR) is 157 cm³/mol. The third-order valence-electron chi connectivity index (χ3n) is 6.35. The summed E-state index contributed by atoms with van der Waals surface area (Å²) in [5, 5.41) is 0. The zero-order valence-corrected chi connectivity index (χ0v) is 24.0. The number of hydrogen-bond donors (Lipinski definition) is 2. The Morgan fingerprint density at radius 2 is 0.810 bits per heavy atom. The zero-order valence-electron chi connectivity index (χ0n) is 24.0. The molecule has 42 heavy (non-hydrogen) atoms. The largest absolute Gasteiger partial charge is 0.454 e. The molecule has 0 saturated carbocycles. The molecule has 0 amide bonds. The van der Waals surface area contributed by atoms with Gasteiger partial charge >= 0.3 is 0 Å². The molecular weight excluding hydrogens is 546 g/mol. The van der Waals surface area contributed by atoms with Crippen molar-refractivity contribution in [3.63, 3.8) is 0 Å². The van der Waals surface area contributed by atoms with E-state index in [1.54, 1.807) is 40.6 Å². The van der Waals surface area contributed by atoms with Gasteiger partial charge in [0.05, 0.1) is 26.4 Å². The number of benzene rings is 4. The lowest BCUT2D eigenvalue weighted by Crippen LogP contribution is -2.04. The van der Waals surface area contributed by atoms with Gasteiger partial charge < -0.3 is 39.9 Å². The molecule has 10 heteroatoms. The van der Waals surface area contributed by atoms with Crippen molar-refractivity contribution in [3.05, 3.63) is 94.6 Å². The fourth-order valence-corrected chi connectivity index (χ4v) is 4.57. The Morgan fingerprint density at radius 3 is 1.07 bits per heavy atom. The smallest absolute Gasteiger partial charge is 0.167 e. The molecule has 4 aromatic carbocycles. The molecule has 0 aliphatic heterocycles. The highest BCUT2D eigenvalue weighted by Gasteiger charge is 2.20. The summed E-state index contributed by atoms with van der Waals surface area (Å²) in [5.74, 6) is -0.307. The third kappa shape index (κ3) is 7.15. The van der Waals surface area contributed by atoms with Crippen molar-refractivity contribution >= 4 is 11.4 Å². The SMILES string of the molecule is COCc1cc(-c2cc(COC)c(Oc3ccc(N)cc3F)c(COC)c2)cc(COC)c1Oc1ccc(N)cc1F. The van der Waals surface area contributed by atoms with E-state index in [-0.39, 0.29) is 49.3 Å². The molecule has 4 N–H and O–H groups in total. The van der Waals surface area contributed by atoms with Gasteiger partial charge in [0.25, 0.3) is 0 Å². The van der Waals surface area contributed by atoms with Crippen LogP contribution < -0.4 is 20.9 Å². The summed E-state index contributed by atoms with van der Waals surface area (Å²) in [6, 6.07) is 16.1. The van der Waals surface area contributed by atoms with Gasteiger partial charge in [0, 0.05) is 74.2 Å². The van der Waals surface area contributed by atoms with Gasteiger partial charge in [-0.2, -0.15) is 0 Å². The molecule has 0 spiro atoms. The Morgan fingerprint density at radius 1 is 0.500 bits per heavy atom. The minimum absolute atomic E-state index is 0.0211. The van der Waals surface area contributed by atoms with Crippen LogP contribution in [0.25, 0.3) is 11.1 Å². The molecule has 0 unspecified atom stereocenters. The number of hydrogen-bond acceptors (Lipinski definition) is 8. The maximum absolute atomic E-state index is 14.7. The van der Waals surface area contributed by atoms with Crippen LogP contribution in [-0.4, -0.2) is 28.4 Å². The van der Waals surface area contributed by atoms with Crippen LogP contribution in [0.4, 0.5) is 20.2 Å². The molecule has 0 aromatic heterocycles. The maximum atomic E-state index is 14.7. The monoisotopic (exact) mass is 580 g/mol. The van der Waals surface area contributed by atoms with E-state index in [0.717, 1.165) is 11.1 Å². The Hall–Kier alpha value is -4.22. The quantitative estimate of drug-likeness (QED) is 0.163. The fourth-order valence-electron chi connectivity index (χ4n) is 4.57. The standard InChI is InChI=1S/C32H34F2N2O6/c1-37-15-21-9-19(10-22(16-38-2)31(21)41-29-7-5-25(35)13-27(29)33)20-11-23(17-39-3)32(24(12-20)18-40-4)42-30-8-6-26(36)14-28(30)34/h5-14H,15-18,35-36H2,1-4H3. The van der Waals surface area contributed by atoms with Crippen molar-refractivity contribution in [1.82, 2.24) is 0 Å². The molecule has 0 aliphatic rings. The first-order chi connectivity index (χ1) is 20.3. The molecular formula is C32H34F2N2O6. The summed E-state index contributed by atoms with van der Waals surface area (Å²) in [5.41, 5.74) is 16.3. The summed E-state index contributed by atoms with van der Waals surface area (Å²) in [7, 11) is 6.25. The second-order valence-electron chi connectivity index (χ2n) is 9.56. The van der Waals surface area contributed by atoms with Crippen LogP contribution in [0.2, 0.25) is 0 Å². The van der Waals surface area contributed by atoms with Crippen molar-refractivity contribution in [2.45, 2.75) is 26.4 Å². The van der Waals surface area contributed by atoms with Crippen LogP contribution in [0.1, 0.15) is 22.3 Å². The van der Waals surface area contributed by atoms with Crippen LogP contribution in [-0.2, 0) is 45.4 Å². The van der Waals surface area contributed by atoms with Crippen molar-refractivity contribution in [2.75, 3.05) is 39.9 Å². The van der Waals surface area contributed by atoms with E-state index in [1.807, 2.05) is 24.3 Å². The van der Waals surface area contributed by atoms with E-state index in [4.69, 9.17) is 39.9 Å². The topological polar surface area (TPSA) is 107 Å². The summed E-state index contributed by atoms with van der Waals surface area (Å²) in [4.78, 5) is 0. The molecule has 4 aromatic rings. The van der Waals surface area contributed by atoms with Crippen molar-refractivity contribution in [1.29, 1.82) is 0 Å². The Balaban J connectivity index is 1.85. The van der Waals surface area contributed by atoms with Crippen molar-refractivity contribution in [2.24, 2.45) is 0 Å². The summed E-state index contributed by atoms with van der Waals surface area (Å²) in [6.07, 6.45) is 0. The number of anilines is 2. The van der Waals surface area contributed by atoms with E-state index in [9.17, 15) is 8.78 Å². The maximum Gasteiger partial charge on any atom is 0.167 e. The molecule has 8 nitrogen and oxygen atoms in total. The summed E-state index contributed by atoms with van der Waals surface area (Å²) < 4.78 is 63.3. The molecule has 222 valence electrons. The Bertz CT molecular complexity index is 1380. The molecule has 0 radical (unpaired) electrons. The first-order valence-electron chi connectivity index (χ1n) is 13.0. The minimum atomic E-state index is -0.590. The average Bonchev–Trinajstić information content (AvgIpc) is 2.94. The number of methoxy groups -OCH3 is 4. The number of nitrogen functional groups attached to an aromatic ring is 2. The lowest BCUT2D eigenvalue weighted by molar-refractivity contribution is 0.175. The van der Waals surface area contributed by atoms with Gasteiger partial charge in [-0.05, 0) is 59.7 Å². The highest BCUT2D eigenvalue weighted by atomic mass is 19.1. The highest BCUT2D eigenvalue weighted by Crippen LogP contribution is 2.40. The zero-order chi connectivity index (χ0) is 30.2. The predicted octanol–water partition coefficient (Wildman–Crippen LogP) is 6.97. The molecule has 0 fully saturated rings. The van der Waals surface area contributed by atoms with Crippen LogP contribution in [0.5, 0.6) is 23.0 Å². The summed E-state index contributed by atoms with van der Waals surface area (Å²) in [6.45, 7) is 0.738. The molecule has 4 rings (SSSR count). The van der Waals surface area contributed by atoms with Gasteiger partial charge in [0.15, 0.2) is 23.1 Å². The third-order valence-corrected chi connectivity index (χ3v) is 6.35. The molecule has 0 atom stereocenters. The lowest BCUT2D eigenvalue weighted by atomic mass is 9.95. The number of rotatable bonds is 13. The second-order valence-corrected chi connectivity index (χ2v) is 9.56. The van der Waals surface area contributed by atoms with Gasteiger partial charge in [-0.3, -0.25) is 0 Å². The van der Waals surface area contributed by atoms with E-state index in [1.165, 1.54) is 24.3 Å². The first kappa shape index (κ1) is 30.7. The Labute approximate surface area is 243 Å². The molecule has 0 heterocycles. The first-order valence-corrected chi connectivity index (χ1v) is 13.0. The molecule has 0 saturated heterocycles. The fraction of sp³-hybridized carbons (Fsp3) is 0.250. The second kappa shape index (κ2) is 14.1. The van der Waals surface area contributed by atoms with Crippen LogP contribution in [0.15, 0.2) is 60.7 Å². The van der Waals surface area contributed by atoms with Gasteiger partial charge in [-0.15, -0.1) is 0 Å². The Kier molecular flexibility index (Phi) is 10.3. The highest BCUT2D eigenvalue weighted by molar-refractivity contribution is 5.71. The van der Waals surface area contributed by atoms with E-state index in [0.29, 0.717) is 33.8 Å². The van der Waals surface area contributed by atoms with E-state index >= 15 is 0 Å². The van der Waals surface area contributed by atoms with Crippen LogP contribution in [0.3, 0.4) is 0 Å². The lowest BCUT2D eigenvalue weighted by Gasteiger charge is -2.20. The van der Waals surface area contributed by atoms with Gasteiger partial charge in [0.1, 0.15) is 11.5 Å². The average molecular weight is 581 g/mol. The van der Waals surface area contributed by atoms with E-state index < -0.39 is 11.6 Å². The minimum Gasteiger partial charge on any atom is -0.454 e. The number of halogens is 2. The van der Waals surface area contributed by atoms with Crippen LogP contribution >= 0.6 is 0 Å².